The summed E-state index contributed by atoms with van der Waals surface area (Å²) in [7, 11) is 2.36. The SMILES string of the molecule is CCCC[N+]1(C)[C@@H]2CC(OC(=O)C(CO)c3ccccc3)C[C@@H]1[C@H]1O[C@@H]12. The number of ether oxygens (including phenoxy) is 2. The zero-order valence-corrected chi connectivity index (χ0v) is 15.7. The number of nitrogens with zero attached hydrogens (tertiary/aromatic N) is 1. The molecule has 0 aliphatic carbocycles. The number of aliphatic hydroxyl groups excluding tert-OH is 1. The van der Waals surface area contributed by atoms with Crippen LogP contribution in [0, 0.1) is 0 Å². The molecule has 3 heterocycles. The van der Waals surface area contributed by atoms with Crippen LogP contribution in [0.5, 0.6) is 0 Å². The van der Waals surface area contributed by atoms with Gasteiger partial charge in [0.25, 0.3) is 0 Å². The van der Waals surface area contributed by atoms with Crippen molar-refractivity contribution < 1.29 is 23.9 Å². The zero-order chi connectivity index (χ0) is 18.3. The van der Waals surface area contributed by atoms with Crippen LogP contribution in [-0.4, -0.2) is 66.2 Å². The van der Waals surface area contributed by atoms with E-state index in [1.165, 1.54) is 19.4 Å². The van der Waals surface area contributed by atoms with E-state index in [0.29, 0.717) is 24.3 Å². The van der Waals surface area contributed by atoms with Crippen molar-refractivity contribution in [1.29, 1.82) is 0 Å². The van der Waals surface area contributed by atoms with E-state index in [1.54, 1.807) is 0 Å². The summed E-state index contributed by atoms with van der Waals surface area (Å²) >= 11 is 0. The largest absolute Gasteiger partial charge is 0.461 e. The lowest BCUT2D eigenvalue weighted by Crippen LogP contribution is -2.62. The number of esters is 1. The summed E-state index contributed by atoms with van der Waals surface area (Å²) < 4.78 is 12.9. The van der Waals surface area contributed by atoms with Crippen LogP contribution in [0.1, 0.15) is 44.1 Å². The molecule has 1 unspecified atom stereocenters. The Morgan fingerprint density at radius 2 is 1.92 bits per heavy atom. The van der Waals surface area contributed by atoms with E-state index >= 15 is 0 Å². The molecule has 4 rings (SSSR count). The number of aliphatic hydroxyl groups is 1. The Kier molecular flexibility index (Phi) is 4.80. The van der Waals surface area contributed by atoms with Gasteiger partial charge in [0.15, 0.2) is 0 Å². The van der Waals surface area contributed by atoms with Gasteiger partial charge in [0.05, 0.1) is 20.2 Å². The van der Waals surface area contributed by atoms with Crippen molar-refractivity contribution >= 4 is 5.97 Å². The third-order valence-corrected chi connectivity index (χ3v) is 6.79. The molecular formula is C21H30NO4+. The lowest BCUT2D eigenvalue weighted by Gasteiger charge is -2.48. The van der Waals surface area contributed by atoms with Gasteiger partial charge in [0, 0.05) is 12.8 Å². The molecule has 142 valence electrons. The summed E-state index contributed by atoms with van der Waals surface area (Å²) in [5, 5.41) is 9.70. The first-order chi connectivity index (χ1) is 12.6. The second-order valence-corrected chi connectivity index (χ2v) is 8.30. The minimum atomic E-state index is -0.595. The fourth-order valence-electron chi connectivity index (χ4n) is 5.23. The fourth-order valence-corrected chi connectivity index (χ4v) is 5.23. The van der Waals surface area contributed by atoms with Gasteiger partial charge in [-0.25, -0.2) is 0 Å². The van der Waals surface area contributed by atoms with Crippen LogP contribution >= 0.6 is 0 Å². The molecule has 26 heavy (non-hydrogen) atoms. The Morgan fingerprint density at radius 3 is 2.50 bits per heavy atom. The Labute approximate surface area is 155 Å². The molecular weight excluding hydrogens is 330 g/mol. The third-order valence-electron chi connectivity index (χ3n) is 6.79. The second-order valence-electron chi connectivity index (χ2n) is 8.30. The number of benzene rings is 1. The monoisotopic (exact) mass is 360 g/mol. The molecule has 0 spiro atoms. The maximum absolute atomic E-state index is 12.7. The number of carbonyl (C=O) groups excluding carboxylic acids is 1. The van der Waals surface area contributed by atoms with Gasteiger partial charge in [-0.1, -0.05) is 43.7 Å². The minimum absolute atomic E-state index is 0.0560. The molecule has 5 atom stereocenters. The van der Waals surface area contributed by atoms with Crippen molar-refractivity contribution in [3.05, 3.63) is 35.9 Å². The summed E-state index contributed by atoms with van der Waals surface area (Å²) in [6.45, 7) is 3.20. The molecule has 3 saturated heterocycles. The van der Waals surface area contributed by atoms with Gasteiger partial charge < -0.3 is 19.1 Å². The number of quaternary nitrogens is 1. The molecule has 0 amide bonds. The molecule has 1 N–H and O–H groups in total. The molecule has 3 aliphatic heterocycles. The van der Waals surface area contributed by atoms with Crippen LogP contribution in [0.4, 0.5) is 0 Å². The van der Waals surface area contributed by atoms with E-state index in [9.17, 15) is 9.90 Å². The van der Waals surface area contributed by atoms with Crippen molar-refractivity contribution in [2.24, 2.45) is 0 Å². The number of piperidine rings is 1. The number of morpholine rings is 1. The Hall–Kier alpha value is -1.43. The average Bonchev–Trinajstić information content (AvgIpc) is 3.40. The first-order valence-corrected chi connectivity index (χ1v) is 9.95. The van der Waals surface area contributed by atoms with Crippen LogP contribution in [0.3, 0.4) is 0 Å². The number of rotatable bonds is 7. The number of epoxide rings is 1. The molecule has 3 fully saturated rings. The number of carbonyl (C=O) groups is 1. The number of hydrogen-bond donors (Lipinski definition) is 1. The first-order valence-electron chi connectivity index (χ1n) is 9.95. The van der Waals surface area contributed by atoms with Gasteiger partial charge in [-0.15, -0.1) is 0 Å². The van der Waals surface area contributed by atoms with Gasteiger partial charge >= 0.3 is 5.97 Å². The highest BCUT2D eigenvalue weighted by Gasteiger charge is 2.71. The van der Waals surface area contributed by atoms with Gasteiger partial charge in [0.1, 0.15) is 36.3 Å². The number of likely N-dealkylation sites (N-methyl/N-ethyl adjacent to an activating group) is 1. The number of fused-ring (bicyclic) bond motifs is 5. The highest BCUT2D eigenvalue weighted by Crippen LogP contribution is 2.52. The third kappa shape index (κ3) is 2.96. The second kappa shape index (κ2) is 6.95. The minimum Gasteiger partial charge on any atom is -0.461 e. The normalized spacial score (nSPS) is 38.5. The van der Waals surface area contributed by atoms with Crippen molar-refractivity contribution in [2.45, 2.75) is 68.9 Å². The number of unbranched alkanes of at least 4 members (excludes halogenated alkanes) is 1. The van der Waals surface area contributed by atoms with Crippen LogP contribution in [0.15, 0.2) is 30.3 Å². The predicted octanol–water partition coefficient (Wildman–Crippen LogP) is 2.23. The topological polar surface area (TPSA) is 59.1 Å². The van der Waals surface area contributed by atoms with Crippen molar-refractivity contribution in [3.63, 3.8) is 0 Å². The van der Waals surface area contributed by atoms with E-state index in [0.717, 1.165) is 22.9 Å². The molecule has 0 radical (unpaired) electrons. The van der Waals surface area contributed by atoms with Crippen LogP contribution < -0.4 is 0 Å². The standard InChI is InChI=1S/C21H30NO4/c1-3-4-10-22(2)17-11-15(12-18(22)20-19(17)26-20)25-21(24)16(13-23)14-8-6-5-7-9-14/h5-9,15-20,23H,3-4,10-13H2,1-2H3/q+1/t15?,16?,17-,18-,19-,20-,22?/m1/s1. The van der Waals surface area contributed by atoms with Gasteiger partial charge in [0.2, 0.25) is 0 Å². The molecule has 3 aliphatic rings. The summed E-state index contributed by atoms with van der Waals surface area (Å²) in [5.41, 5.74) is 0.813. The average molecular weight is 360 g/mol. The maximum atomic E-state index is 12.7. The molecule has 2 bridgehead atoms. The Bertz CT molecular complexity index is 631. The summed E-state index contributed by atoms with van der Waals surface area (Å²) in [6, 6.07) is 10.3. The first kappa shape index (κ1) is 18.0. The fraction of sp³-hybridized carbons (Fsp3) is 0.667. The number of hydrogen-bond acceptors (Lipinski definition) is 4. The van der Waals surface area contributed by atoms with Gasteiger partial charge in [-0.3, -0.25) is 4.79 Å². The predicted molar refractivity (Wildman–Crippen MR) is 97.6 cm³/mol. The van der Waals surface area contributed by atoms with Crippen molar-refractivity contribution in [3.8, 4) is 0 Å². The van der Waals surface area contributed by atoms with E-state index in [-0.39, 0.29) is 18.7 Å². The Balaban J connectivity index is 1.42. The summed E-state index contributed by atoms with van der Waals surface area (Å²) in [6.07, 6.45) is 4.83. The lowest BCUT2D eigenvalue weighted by atomic mass is 9.94. The van der Waals surface area contributed by atoms with E-state index in [2.05, 4.69) is 14.0 Å². The molecule has 1 aromatic rings. The molecule has 5 nitrogen and oxygen atoms in total. The van der Waals surface area contributed by atoms with Crippen molar-refractivity contribution in [1.82, 2.24) is 0 Å². The molecule has 0 aromatic heterocycles. The summed E-state index contributed by atoms with van der Waals surface area (Å²) in [4.78, 5) is 12.7. The lowest BCUT2D eigenvalue weighted by molar-refractivity contribution is -0.956. The smallest absolute Gasteiger partial charge is 0.316 e. The molecule has 1 aromatic carbocycles. The molecule has 0 saturated carbocycles. The zero-order valence-electron chi connectivity index (χ0n) is 15.7. The Morgan fingerprint density at radius 1 is 1.27 bits per heavy atom. The van der Waals surface area contributed by atoms with E-state index < -0.39 is 5.92 Å². The molecule has 5 heteroatoms. The van der Waals surface area contributed by atoms with Crippen LogP contribution in [-0.2, 0) is 14.3 Å². The van der Waals surface area contributed by atoms with Crippen molar-refractivity contribution in [2.75, 3.05) is 20.2 Å². The van der Waals surface area contributed by atoms with E-state index in [4.69, 9.17) is 9.47 Å². The maximum Gasteiger partial charge on any atom is 0.316 e. The van der Waals surface area contributed by atoms with Crippen LogP contribution in [0.25, 0.3) is 0 Å². The van der Waals surface area contributed by atoms with E-state index in [1.807, 2.05) is 30.3 Å². The highest BCUT2D eigenvalue weighted by atomic mass is 16.6. The van der Waals surface area contributed by atoms with Crippen LogP contribution in [0.2, 0.25) is 0 Å². The quantitative estimate of drug-likeness (QED) is 0.460. The highest BCUT2D eigenvalue weighted by molar-refractivity contribution is 5.78. The van der Waals surface area contributed by atoms with Gasteiger partial charge in [-0.2, -0.15) is 0 Å². The van der Waals surface area contributed by atoms with Gasteiger partial charge in [-0.05, 0) is 12.0 Å². The summed E-state index contributed by atoms with van der Waals surface area (Å²) in [5.74, 6) is -0.898.